The van der Waals surface area contributed by atoms with E-state index in [9.17, 15) is 0 Å². The van der Waals surface area contributed by atoms with Crippen molar-refractivity contribution in [2.45, 2.75) is 6.42 Å². The summed E-state index contributed by atoms with van der Waals surface area (Å²) in [5, 5.41) is 0. The third kappa shape index (κ3) is 4.73. The molecule has 0 aromatic carbocycles. The lowest BCUT2D eigenvalue weighted by Crippen LogP contribution is -2.37. The summed E-state index contributed by atoms with van der Waals surface area (Å²) in [5.74, 6) is 0. The Labute approximate surface area is 81.7 Å². The molecule has 0 aromatic rings. The zero-order chi connectivity index (χ0) is 9.73. The van der Waals surface area contributed by atoms with Gasteiger partial charge in [0.2, 0.25) is 0 Å². The molecule has 0 saturated carbocycles. The average molecular weight is 181 g/mol. The van der Waals surface area contributed by atoms with Crippen LogP contribution in [0.5, 0.6) is 0 Å². The monoisotopic (exact) mass is 181 g/mol. The number of hydrogen-bond donors (Lipinski definition) is 0. The topological polar surface area (TPSA) is 3.24 Å². The van der Waals surface area contributed by atoms with Crippen LogP contribution in [-0.4, -0.2) is 50.2 Å². The van der Waals surface area contributed by atoms with Crippen molar-refractivity contribution in [1.82, 2.24) is 4.90 Å². The Kier molecular flexibility index (Phi) is 3.55. The minimum Gasteiger partial charge on any atom is -0.373 e. The molecule has 0 fully saturated rings. The number of nitrogens with zero attached hydrogens (tertiary/aromatic N) is 2. The molecule has 0 aromatic heterocycles. The maximum atomic E-state index is 2.36. The van der Waals surface area contributed by atoms with E-state index in [0.717, 1.165) is 11.0 Å². The molecule has 0 radical (unpaired) electrons. The molecule has 1 aliphatic rings. The second kappa shape index (κ2) is 4.47. The van der Waals surface area contributed by atoms with Gasteiger partial charge in [-0.15, -0.1) is 0 Å². The smallest absolute Gasteiger partial charge is 0.0797 e. The van der Waals surface area contributed by atoms with Crippen LogP contribution in [-0.2, 0) is 0 Å². The van der Waals surface area contributed by atoms with Gasteiger partial charge in [0, 0.05) is 19.5 Å². The Hall–Kier alpha value is -0.760. The van der Waals surface area contributed by atoms with Crippen molar-refractivity contribution >= 4 is 0 Å². The molecule has 1 rings (SSSR count). The Morgan fingerprint density at radius 1 is 1.23 bits per heavy atom. The van der Waals surface area contributed by atoms with E-state index < -0.39 is 0 Å². The third-order valence-corrected chi connectivity index (χ3v) is 2.16. The van der Waals surface area contributed by atoms with Crippen LogP contribution in [0.4, 0.5) is 0 Å². The van der Waals surface area contributed by atoms with E-state index in [-0.39, 0.29) is 0 Å². The van der Waals surface area contributed by atoms with Gasteiger partial charge in [-0.1, -0.05) is 12.2 Å². The number of quaternary nitrogens is 1. The highest BCUT2D eigenvalue weighted by molar-refractivity contribution is 5.08. The van der Waals surface area contributed by atoms with E-state index in [1.54, 1.807) is 0 Å². The average Bonchev–Trinajstić information content (AvgIpc) is 2.04. The van der Waals surface area contributed by atoms with E-state index in [4.69, 9.17) is 0 Å². The zero-order valence-corrected chi connectivity index (χ0v) is 9.03. The minimum absolute atomic E-state index is 1.06. The molecule has 0 aliphatic carbocycles. The molecular formula is C11H21N2+. The van der Waals surface area contributed by atoms with Crippen LogP contribution in [0.15, 0.2) is 24.4 Å². The largest absolute Gasteiger partial charge is 0.373 e. The lowest BCUT2D eigenvalue weighted by atomic mass is 10.3. The molecule has 0 saturated heterocycles. The molecule has 1 aliphatic heterocycles. The van der Waals surface area contributed by atoms with Crippen molar-refractivity contribution in [2.24, 2.45) is 0 Å². The first-order chi connectivity index (χ1) is 6.08. The fourth-order valence-corrected chi connectivity index (χ4v) is 1.42. The first-order valence-electron chi connectivity index (χ1n) is 4.96. The SMILES string of the molecule is C[N+](C)(C)CCCN1C=CC=CC1. The van der Waals surface area contributed by atoms with Gasteiger partial charge in [0.15, 0.2) is 0 Å². The van der Waals surface area contributed by atoms with E-state index in [1.165, 1.54) is 19.5 Å². The second-order valence-electron chi connectivity index (χ2n) is 4.63. The van der Waals surface area contributed by atoms with E-state index >= 15 is 0 Å². The number of allylic oxidation sites excluding steroid dienone is 2. The lowest BCUT2D eigenvalue weighted by Gasteiger charge is -2.26. The summed E-state index contributed by atoms with van der Waals surface area (Å²) >= 11 is 0. The standard InChI is InChI=1S/C11H21N2/c1-13(2,3)11-7-10-12-8-5-4-6-9-12/h4-6,8H,7,9-11H2,1-3H3/q+1. The van der Waals surface area contributed by atoms with Crippen LogP contribution < -0.4 is 0 Å². The summed E-state index contributed by atoms with van der Waals surface area (Å²) < 4.78 is 1.06. The Balaban J connectivity index is 2.13. The van der Waals surface area contributed by atoms with Crippen LogP contribution in [0.3, 0.4) is 0 Å². The summed E-state index contributed by atoms with van der Waals surface area (Å²) in [6, 6.07) is 0. The predicted octanol–water partition coefficient (Wildman–Crippen LogP) is 1.47. The highest BCUT2D eigenvalue weighted by atomic mass is 15.3. The second-order valence-corrected chi connectivity index (χ2v) is 4.63. The Morgan fingerprint density at radius 3 is 2.54 bits per heavy atom. The van der Waals surface area contributed by atoms with Crippen LogP contribution in [0.1, 0.15) is 6.42 Å². The van der Waals surface area contributed by atoms with E-state index in [2.05, 4.69) is 50.5 Å². The van der Waals surface area contributed by atoms with Crippen molar-refractivity contribution in [1.29, 1.82) is 0 Å². The normalized spacial score (nSPS) is 16.7. The van der Waals surface area contributed by atoms with E-state index in [1.807, 2.05) is 0 Å². The van der Waals surface area contributed by atoms with Gasteiger partial charge in [-0.05, 0) is 12.3 Å². The predicted molar refractivity (Wildman–Crippen MR) is 57.4 cm³/mol. The maximum Gasteiger partial charge on any atom is 0.0797 e. The Morgan fingerprint density at radius 2 is 2.00 bits per heavy atom. The molecule has 2 nitrogen and oxygen atoms in total. The van der Waals surface area contributed by atoms with Crippen molar-refractivity contribution < 1.29 is 4.48 Å². The first-order valence-corrected chi connectivity index (χ1v) is 4.96. The molecule has 0 bridgehead atoms. The maximum absolute atomic E-state index is 2.36. The molecule has 0 spiro atoms. The fraction of sp³-hybridized carbons (Fsp3) is 0.636. The molecule has 0 atom stereocenters. The van der Waals surface area contributed by atoms with Gasteiger partial charge in [-0.25, -0.2) is 0 Å². The van der Waals surface area contributed by atoms with Crippen LogP contribution in [0, 0.1) is 0 Å². The molecule has 0 N–H and O–H groups in total. The quantitative estimate of drug-likeness (QED) is 0.594. The highest BCUT2D eigenvalue weighted by Gasteiger charge is 2.07. The summed E-state index contributed by atoms with van der Waals surface area (Å²) in [5.41, 5.74) is 0. The lowest BCUT2D eigenvalue weighted by molar-refractivity contribution is -0.870. The highest BCUT2D eigenvalue weighted by Crippen LogP contribution is 2.01. The van der Waals surface area contributed by atoms with Gasteiger partial charge >= 0.3 is 0 Å². The van der Waals surface area contributed by atoms with Gasteiger partial charge in [0.05, 0.1) is 27.7 Å². The summed E-state index contributed by atoms with van der Waals surface area (Å²) in [4.78, 5) is 2.36. The molecular weight excluding hydrogens is 160 g/mol. The molecule has 74 valence electrons. The van der Waals surface area contributed by atoms with Crippen LogP contribution in [0.25, 0.3) is 0 Å². The summed E-state index contributed by atoms with van der Waals surface area (Å²) in [6.45, 7) is 3.50. The van der Waals surface area contributed by atoms with Gasteiger partial charge in [0.25, 0.3) is 0 Å². The molecule has 2 heteroatoms. The Bertz CT molecular complexity index is 199. The van der Waals surface area contributed by atoms with E-state index in [0.29, 0.717) is 0 Å². The summed E-state index contributed by atoms with van der Waals surface area (Å²) in [7, 11) is 6.73. The minimum atomic E-state index is 1.06. The van der Waals surface area contributed by atoms with Crippen LogP contribution >= 0.6 is 0 Å². The molecule has 13 heavy (non-hydrogen) atoms. The molecule has 0 amide bonds. The van der Waals surface area contributed by atoms with Gasteiger partial charge in [-0.3, -0.25) is 0 Å². The molecule has 0 unspecified atom stereocenters. The molecule has 1 heterocycles. The van der Waals surface area contributed by atoms with Gasteiger partial charge in [0.1, 0.15) is 0 Å². The van der Waals surface area contributed by atoms with Crippen LogP contribution in [0.2, 0.25) is 0 Å². The third-order valence-electron chi connectivity index (χ3n) is 2.16. The van der Waals surface area contributed by atoms with Gasteiger partial charge in [-0.2, -0.15) is 0 Å². The van der Waals surface area contributed by atoms with Crippen molar-refractivity contribution in [3.63, 3.8) is 0 Å². The number of rotatable bonds is 4. The summed E-state index contributed by atoms with van der Waals surface area (Å²) in [6.07, 6.45) is 9.86. The van der Waals surface area contributed by atoms with Crippen molar-refractivity contribution in [3.8, 4) is 0 Å². The van der Waals surface area contributed by atoms with Crippen molar-refractivity contribution in [3.05, 3.63) is 24.4 Å². The number of hydrogen-bond acceptors (Lipinski definition) is 1. The zero-order valence-electron chi connectivity index (χ0n) is 9.03. The fourth-order valence-electron chi connectivity index (χ4n) is 1.42. The first kappa shape index (κ1) is 10.3. The van der Waals surface area contributed by atoms with Crippen molar-refractivity contribution in [2.75, 3.05) is 40.8 Å². The van der Waals surface area contributed by atoms with Gasteiger partial charge < -0.3 is 9.38 Å².